The highest BCUT2D eigenvalue weighted by atomic mass is 16.3. The van der Waals surface area contributed by atoms with E-state index in [0.717, 1.165) is 11.9 Å². The molecule has 1 saturated carbocycles. The Morgan fingerprint density at radius 2 is 1.88 bits per heavy atom. The van der Waals surface area contributed by atoms with E-state index in [9.17, 15) is 20.1 Å². The fourth-order valence-corrected chi connectivity index (χ4v) is 3.78. The molecule has 2 aromatic rings. The summed E-state index contributed by atoms with van der Waals surface area (Å²) < 4.78 is 0. The van der Waals surface area contributed by atoms with Crippen LogP contribution in [-0.2, 0) is 11.2 Å². The van der Waals surface area contributed by atoms with Gasteiger partial charge >= 0.3 is 0 Å². The van der Waals surface area contributed by atoms with Crippen molar-refractivity contribution in [1.82, 2.24) is 10.3 Å². The van der Waals surface area contributed by atoms with Crippen molar-refractivity contribution in [2.24, 2.45) is 11.8 Å². The van der Waals surface area contributed by atoms with Crippen LogP contribution in [0.1, 0.15) is 24.8 Å². The highest BCUT2D eigenvalue weighted by Gasteiger charge is 2.35. The number of para-hydroxylation sites is 1. The molecule has 0 radical (unpaired) electrons. The van der Waals surface area contributed by atoms with Crippen molar-refractivity contribution in [2.75, 3.05) is 13.2 Å². The molecule has 1 fully saturated rings. The van der Waals surface area contributed by atoms with E-state index in [0.29, 0.717) is 19.4 Å². The maximum atomic E-state index is 12.2. The van der Waals surface area contributed by atoms with Gasteiger partial charge in [-0.15, -0.1) is 0 Å². The third kappa shape index (κ3) is 4.21. The van der Waals surface area contributed by atoms with Gasteiger partial charge in [-0.25, -0.2) is 0 Å². The monoisotopic (exact) mass is 346 g/mol. The number of aliphatic hydroxyl groups is 3. The molecular weight excluding hydrogens is 320 g/mol. The fraction of sp³-hybridized carbons (Fsp3) is 0.526. The predicted molar refractivity (Wildman–Crippen MR) is 94.9 cm³/mol. The number of H-pyrrole nitrogens is 1. The van der Waals surface area contributed by atoms with Gasteiger partial charge in [0, 0.05) is 36.7 Å². The van der Waals surface area contributed by atoms with E-state index in [4.69, 9.17) is 0 Å². The Bertz CT molecular complexity index is 714. The quantitative estimate of drug-likeness (QED) is 0.537. The third-order valence-corrected chi connectivity index (χ3v) is 5.27. The van der Waals surface area contributed by atoms with E-state index < -0.39 is 12.2 Å². The molecule has 1 aromatic heterocycles. The normalized spacial score (nSPS) is 26.7. The van der Waals surface area contributed by atoms with E-state index in [1.165, 1.54) is 10.9 Å². The zero-order valence-corrected chi connectivity index (χ0v) is 14.2. The van der Waals surface area contributed by atoms with Gasteiger partial charge in [0.15, 0.2) is 0 Å². The number of aromatic amines is 1. The lowest BCUT2D eigenvalue weighted by Gasteiger charge is -2.36. The number of hydrogen-bond acceptors (Lipinski definition) is 4. The Morgan fingerprint density at radius 1 is 1.16 bits per heavy atom. The van der Waals surface area contributed by atoms with Gasteiger partial charge in [-0.05, 0) is 42.7 Å². The molecule has 25 heavy (non-hydrogen) atoms. The number of fused-ring (bicyclic) bond motifs is 1. The van der Waals surface area contributed by atoms with Crippen molar-refractivity contribution < 1.29 is 20.1 Å². The van der Waals surface area contributed by atoms with Crippen LogP contribution in [0, 0.1) is 11.8 Å². The number of aromatic nitrogens is 1. The summed E-state index contributed by atoms with van der Waals surface area (Å²) in [6.45, 7) is 0.472. The van der Waals surface area contributed by atoms with Crippen LogP contribution in [0.2, 0.25) is 0 Å². The molecule has 1 aromatic carbocycles. The van der Waals surface area contributed by atoms with Crippen molar-refractivity contribution >= 4 is 16.8 Å². The summed E-state index contributed by atoms with van der Waals surface area (Å²) >= 11 is 0. The molecule has 0 saturated heterocycles. The second-order valence-electron chi connectivity index (χ2n) is 6.97. The molecule has 1 heterocycles. The van der Waals surface area contributed by atoms with Crippen LogP contribution in [0.25, 0.3) is 10.9 Å². The van der Waals surface area contributed by atoms with Gasteiger partial charge in [0.2, 0.25) is 5.91 Å². The number of carbonyl (C=O) groups is 1. The summed E-state index contributed by atoms with van der Waals surface area (Å²) in [5, 5.41) is 33.1. The van der Waals surface area contributed by atoms with Gasteiger partial charge in [0.25, 0.3) is 0 Å². The Morgan fingerprint density at radius 3 is 2.64 bits per heavy atom. The lowest BCUT2D eigenvalue weighted by Crippen LogP contribution is -2.42. The molecule has 4 atom stereocenters. The third-order valence-electron chi connectivity index (χ3n) is 5.27. The summed E-state index contributed by atoms with van der Waals surface area (Å²) in [5.41, 5.74) is 2.25. The van der Waals surface area contributed by atoms with E-state index in [2.05, 4.69) is 16.4 Å². The first-order valence-electron chi connectivity index (χ1n) is 8.87. The largest absolute Gasteiger partial charge is 0.396 e. The molecule has 6 nitrogen and oxygen atoms in total. The van der Waals surface area contributed by atoms with Crippen LogP contribution < -0.4 is 5.32 Å². The molecule has 136 valence electrons. The van der Waals surface area contributed by atoms with E-state index in [1.807, 2.05) is 24.4 Å². The summed E-state index contributed by atoms with van der Waals surface area (Å²) in [6, 6.07) is 8.06. The van der Waals surface area contributed by atoms with Crippen LogP contribution in [0.4, 0.5) is 0 Å². The summed E-state index contributed by atoms with van der Waals surface area (Å²) in [5.74, 6) is -0.318. The molecule has 0 unspecified atom stereocenters. The fourth-order valence-electron chi connectivity index (χ4n) is 3.78. The van der Waals surface area contributed by atoms with Gasteiger partial charge in [-0.1, -0.05) is 18.2 Å². The lowest BCUT2D eigenvalue weighted by molar-refractivity contribution is -0.124. The summed E-state index contributed by atoms with van der Waals surface area (Å²) in [4.78, 5) is 15.4. The number of benzene rings is 1. The Balaban J connectivity index is 1.49. The van der Waals surface area contributed by atoms with E-state index in [-0.39, 0.29) is 30.8 Å². The Labute approximate surface area is 146 Å². The molecule has 6 heteroatoms. The van der Waals surface area contributed by atoms with Gasteiger partial charge in [-0.2, -0.15) is 0 Å². The second-order valence-corrected chi connectivity index (χ2v) is 6.97. The smallest absolute Gasteiger partial charge is 0.220 e. The molecule has 0 bridgehead atoms. The first-order chi connectivity index (χ1) is 12.1. The predicted octanol–water partition coefficient (Wildman–Crippen LogP) is 0.957. The van der Waals surface area contributed by atoms with Crippen LogP contribution in [0.5, 0.6) is 0 Å². The second kappa shape index (κ2) is 7.99. The lowest BCUT2D eigenvalue weighted by atomic mass is 9.75. The maximum absolute atomic E-state index is 12.2. The SMILES string of the molecule is O=C(C[C@H]1C[C@H](O)[C@H](O)C[C@H]1CO)NCCc1c[nH]c2ccccc12. The number of amides is 1. The first kappa shape index (κ1) is 17.9. The highest BCUT2D eigenvalue weighted by Crippen LogP contribution is 2.32. The maximum Gasteiger partial charge on any atom is 0.220 e. The number of rotatable bonds is 6. The van der Waals surface area contributed by atoms with Crippen LogP contribution in [0.15, 0.2) is 30.5 Å². The van der Waals surface area contributed by atoms with Crippen LogP contribution in [-0.4, -0.2) is 51.6 Å². The Kier molecular flexibility index (Phi) is 5.73. The average molecular weight is 346 g/mol. The minimum absolute atomic E-state index is 0.0724. The molecule has 3 rings (SSSR count). The summed E-state index contributed by atoms with van der Waals surface area (Å²) in [6.07, 6.45) is 2.05. The minimum atomic E-state index is -0.813. The molecular formula is C19H26N2O4. The number of carbonyl (C=O) groups excluding carboxylic acids is 1. The topological polar surface area (TPSA) is 106 Å². The molecule has 1 aliphatic carbocycles. The first-order valence-corrected chi connectivity index (χ1v) is 8.87. The highest BCUT2D eigenvalue weighted by molar-refractivity contribution is 5.83. The van der Waals surface area contributed by atoms with Crippen molar-refractivity contribution in [2.45, 2.75) is 37.9 Å². The van der Waals surface area contributed by atoms with Crippen LogP contribution >= 0.6 is 0 Å². The van der Waals surface area contributed by atoms with Crippen molar-refractivity contribution in [1.29, 1.82) is 0 Å². The molecule has 5 N–H and O–H groups in total. The van der Waals surface area contributed by atoms with Crippen molar-refractivity contribution in [3.05, 3.63) is 36.0 Å². The average Bonchev–Trinajstić information content (AvgIpc) is 3.01. The van der Waals surface area contributed by atoms with Crippen molar-refractivity contribution in [3.8, 4) is 0 Å². The number of aliphatic hydroxyl groups excluding tert-OH is 3. The van der Waals surface area contributed by atoms with Gasteiger partial charge in [0.1, 0.15) is 0 Å². The van der Waals surface area contributed by atoms with Crippen molar-refractivity contribution in [3.63, 3.8) is 0 Å². The number of hydrogen-bond donors (Lipinski definition) is 5. The van der Waals surface area contributed by atoms with E-state index >= 15 is 0 Å². The zero-order chi connectivity index (χ0) is 17.8. The zero-order valence-electron chi connectivity index (χ0n) is 14.2. The Hall–Kier alpha value is -1.89. The molecule has 1 amide bonds. The molecule has 0 spiro atoms. The number of nitrogens with one attached hydrogen (secondary N) is 2. The molecule has 1 aliphatic rings. The van der Waals surface area contributed by atoms with E-state index in [1.54, 1.807) is 0 Å². The van der Waals surface area contributed by atoms with Gasteiger partial charge in [0.05, 0.1) is 12.2 Å². The summed E-state index contributed by atoms with van der Waals surface area (Å²) in [7, 11) is 0. The standard InChI is InChI=1S/C19H26N2O4/c22-11-14-8-18(24)17(23)7-13(14)9-19(25)20-6-5-12-10-21-16-4-2-1-3-15(12)16/h1-4,10,13-14,17-18,21-24H,5-9,11H2,(H,20,25)/t13-,14+,17+,18-/m1/s1. The van der Waals surface area contributed by atoms with Gasteiger partial charge in [-0.3, -0.25) is 4.79 Å². The van der Waals surface area contributed by atoms with Gasteiger partial charge < -0.3 is 25.6 Å². The molecule has 0 aliphatic heterocycles. The minimum Gasteiger partial charge on any atom is -0.396 e. The van der Waals surface area contributed by atoms with Crippen LogP contribution in [0.3, 0.4) is 0 Å².